The molecule has 0 radical (unpaired) electrons. The normalized spacial score (nSPS) is 17.7. The number of nitrogens with one attached hydrogen (secondary N) is 4. The van der Waals surface area contributed by atoms with E-state index in [-0.39, 0.29) is 36.6 Å². The van der Waals surface area contributed by atoms with Crippen molar-refractivity contribution in [1.29, 1.82) is 0 Å². The van der Waals surface area contributed by atoms with Crippen molar-refractivity contribution >= 4 is 29.9 Å². The van der Waals surface area contributed by atoms with Crippen LogP contribution in [0.5, 0.6) is 0 Å². The summed E-state index contributed by atoms with van der Waals surface area (Å²) < 4.78 is 9.35. The lowest BCUT2D eigenvalue weighted by Crippen LogP contribution is -2.53. The average molecular weight is 726 g/mol. The molecular weight excluding hydrogens is 678 g/mol. The molecule has 2 aromatic carbocycles. The van der Waals surface area contributed by atoms with E-state index in [1.54, 1.807) is 23.2 Å². The second-order valence-corrected chi connectivity index (χ2v) is 13.0. The molecule has 14 nitrogen and oxygen atoms in total. The van der Waals surface area contributed by atoms with Gasteiger partial charge in [-0.2, -0.15) is 0 Å². The molecule has 2 saturated heterocycles. The highest BCUT2D eigenvalue weighted by Crippen LogP contribution is 2.33. The molecular formula is C39H47N7O7. The van der Waals surface area contributed by atoms with Gasteiger partial charge in [0.15, 0.2) is 0 Å². The first-order valence-corrected chi connectivity index (χ1v) is 17.7. The van der Waals surface area contributed by atoms with Crippen LogP contribution in [0.4, 0.5) is 9.59 Å². The van der Waals surface area contributed by atoms with Gasteiger partial charge in [-0.15, -0.1) is 13.2 Å². The van der Waals surface area contributed by atoms with E-state index in [1.165, 1.54) is 19.1 Å². The van der Waals surface area contributed by atoms with Gasteiger partial charge in [0.1, 0.15) is 23.9 Å². The van der Waals surface area contributed by atoms with E-state index in [9.17, 15) is 24.0 Å². The van der Waals surface area contributed by atoms with Crippen LogP contribution in [0.1, 0.15) is 56.0 Å². The van der Waals surface area contributed by atoms with E-state index in [4.69, 9.17) is 4.74 Å². The number of alkyl carbamates (subject to hydrolysis) is 2. The molecule has 3 heterocycles. The molecule has 5 rings (SSSR count). The Morgan fingerprint density at radius 1 is 0.811 bits per heavy atom. The summed E-state index contributed by atoms with van der Waals surface area (Å²) in [7, 11) is 2.49. The molecule has 2 aliphatic rings. The van der Waals surface area contributed by atoms with Crippen LogP contribution in [-0.2, 0) is 30.4 Å². The highest BCUT2D eigenvalue weighted by atomic mass is 16.5. The first-order valence-electron chi connectivity index (χ1n) is 17.7. The van der Waals surface area contributed by atoms with Gasteiger partial charge in [-0.3, -0.25) is 14.4 Å². The number of ether oxygens (including phenoxy) is 2. The third kappa shape index (κ3) is 9.31. The first-order chi connectivity index (χ1) is 25.7. The van der Waals surface area contributed by atoms with Gasteiger partial charge in [-0.25, -0.2) is 14.6 Å². The SMILES string of the molecule is C=CC[C@H](NC(=O)OC)C(=O)N1CCC[C@H]1C(=O)NCc1ccc(-c2ccc(-c3cnc([C@@H]4CCCN4C(=O)[C@H](CC=C)NC(=O)OC)[nH]3)cc2)cc1. The molecule has 0 spiro atoms. The number of aromatic nitrogens is 2. The highest BCUT2D eigenvalue weighted by molar-refractivity contribution is 5.92. The zero-order valence-electron chi connectivity index (χ0n) is 30.1. The molecule has 1 aromatic heterocycles. The fraction of sp³-hybridized carbons (Fsp3) is 0.385. The minimum atomic E-state index is -0.855. The van der Waals surface area contributed by atoms with Crippen LogP contribution in [0, 0.1) is 0 Å². The van der Waals surface area contributed by atoms with Gasteiger partial charge in [0.2, 0.25) is 17.7 Å². The molecule has 4 N–H and O–H groups in total. The number of nitrogens with zero attached hydrogens (tertiary/aromatic N) is 3. The molecule has 3 aromatic rings. The van der Waals surface area contributed by atoms with E-state index in [0.717, 1.165) is 40.8 Å². The number of benzene rings is 2. The van der Waals surface area contributed by atoms with Crippen LogP contribution in [0.3, 0.4) is 0 Å². The zero-order chi connectivity index (χ0) is 37.9. The lowest BCUT2D eigenvalue weighted by atomic mass is 10.0. The van der Waals surface area contributed by atoms with Crippen LogP contribution < -0.4 is 16.0 Å². The fourth-order valence-corrected chi connectivity index (χ4v) is 6.81. The van der Waals surface area contributed by atoms with Gasteiger partial charge in [0.05, 0.1) is 32.2 Å². The Bertz CT molecular complexity index is 1790. The van der Waals surface area contributed by atoms with Crippen molar-refractivity contribution < 1.29 is 33.4 Å². The Morgan fingerprint density at radius 3 is 1.92 bits per heavy atom. The molecule has 280 valence electrons. The Hall–Kier alpha value is -5.92. The Morgan fingerprint density at radius 2 is 1.34 bits per heavy atom. The quantitative estimate of drug-likeness (QED) is 0.174. The van der Waals surface area contributed by atoms with E-state index in [1.807, 2.05) is 48.5 Å². The molecule has 4 atom stereocenters. The summed E-state index contributed by atoms with van der Waals surface area (Å²) >= 11 is 0. The number of methoxy groups -OCH3 is 2. The minimum Gasteiger partial charge on any atom is -0.453 e. The van der Waals surface area contributed by atoms with Crippen LogP contribution in [0.2, 0.25) is 0 Å². The highest BCUT2D eigenvalue weighted by Gasteiger charge is 2.38. The summed E-state index contributed by atoms with van der Waals surface area (Å²) in [5.74, 6) is -0.0992. The van der Waals surface area contributed by atoms with Crippen molar-refractivity contribution in [1.82, 2.24) is 35.7 Å². The number of likely N-dealkylation sites (tertiary alicyclic amines) is 2. The summed E-state index contributed by atoms with van der Waals surface area (Å²) in [6.45, 7) is 8.67. The maximum absolute atomic E-state index is 13.4. The van der Waals surface area contributed by atoms with Crippen LogP contribution >= 0.6 is 0 Å². The van der Waals surface area contributed by atoms with E-state index in [0.29, 0.717) is 38.3 Å². The van der Waals surface area contributed by atoms with Gasteiger partial charge < -0.3 is 40.2 Å². The molecule has 0 saturated carbocycles. The topological polar surface area (TPSA) is 175 Å². The largest absolute Gasteiger partial charge is 0.453 e. The summed E-state index contributed by atoms with van der Waals surface area (Å²) in [6.07, 6.45) is 6.82. The van der Waals surface area contributed by atoms with Crippen molar-refractivity contribution in [3.63, 3.8) is 0 Å². The number of H-pyrrole nitrogens is 1. The number of carbonyl (C=O) groups excluding carboxylic acids is 5. The fourth-order valence-electron chi connectivity index (χ4n) is 6.81. The monoisotopic (exact) mass is 725 g/mol. The summed E-state index contributed by atoms with van der Waals surface area (Å²) in [6, 6.07) is 13.5. The van der Waals surface area contributed by atoms with Gasteiger partial charge in [-0.1, -0.05) is 60.7 Å². The number of hydrogen-bond acceptors (Lipinski definition) is 8. The van der Waals surface area contributed by atoms with Gasteiger partial charge in [0.25, 0.3) is 0 Å². The van der Waals surface area contributed by atoms with E-state index >= 15 is 0 Å². The molecule has 0 unspecified atom stereocenters. The van der Waals surface area contributed by atoms with Crippen molar-refractivity contribution in [3.8, 4) is 22.4 Å². The second-order valence-electron chi connectivity index (χ2n) is 13.0. The summed E-state index contributed by atoms with van der Waals surface area (Å²) in [4.78, 5) is 74.7. The lowest BCUT2D eigenvalue weighted by molar-refractivity contribution is -0.139. The number of rotatable bonds is 14. The number of amides is 5. The van der Waals surface area contributed by atoms with Crippen molar-refractivity contribution in [2.75, 3.05) is 27.3 Å². The van der Waals surface area contributed by atoms with Gasteiger partial charge in [0, 0.05) is 19.6 Å². The molecule has 0 aliphatic carbocycles. The Kier molecular flexibility index (Phi) is 13.0. The van der Waals surface area contributed by atoms with Crippen LogP contribution in [0.25, 0.3) is 22.4 Å². The lowest BCUT2D eigenvalue weighted by Gasteiger charge is -2.28. The van der Waals surface area contributed by atoms with Crippen molar-refractivity contribution in [2.45, 2.75) is 69.2 Å². The minimum absolute atomic E-state index is 0.204. The third-order valence-corrected chi connectivity index (χ3v) is 9.59. The number of hydrogen-bond donors (Lipinski definition) is 4. The van der Waals surface area contributed by atoms with Gasteiger partial charge in [-0.05, 0) is 60.8 Å². The second kappa shape index (κ2) is 18.0. The van der Waals surface area contributed by atoms with Crippen LogP contribution in [0.15, 0.2) is 80.0 Å². The first kappa shape index (κ1) is 38.3. The average Bonchev–Trinajstić information content (AvgIpc) is 3.98. The Balaban J connectivity index is 1.17. The van der Waals surface area contributed by atoms with Crippen molar-refractivity contribution in [2.24, 2.45) is 0 Å². The predicted molar refractivity (Wildman–Crippen MR) is 198 cm³/mol. The zero-order valence-corrected chi connectivity index (χ0v) is 30.1. The molecule has 0 bridgehead atoms. The molecule has 14 heteroatoms. The van der Waals surface area contributed by atoms with Crippen molar-refractivity contribution in [3.05, 3.63) is 91.4 Å². The summed E-state index contributed by atoms with van der Waals surface area (Å²) in [5.41, 5.74) is 4.69. The number of carbonyl (C=O) groups is 5. The maximum Gasteiger partial charge on any atom is 0.407 e. The number of imidazole rings is 1. The smallest absolute Gasteiger partial charge is 0.407 e. The summed E-state index contributed by atoms with van der Waals surface area (Å²) in [5, 5.41) is 8.11. The molecule has 53 heavy (non-hydrogen) atoms. The number of aromatic amines is 1. The van der Waals surface area contributed by atoms with E-state index < -0.39 is 30.3 Å². The molecule has 5 amide bonds. The molecule has 2 fully saturated rings. The maximum atomic E-state index is 13.4. The predicted octanol–water partition coefficient (Wildman–Crippen LogP) is 4.62. The molecule has 2 aliphatic heterocycles. The van der Waals surface area contributed by atoms with E-state index in [2.05, 4.69) is 43.8 Å². The standard InChI is InChI=1S/C39H47N7O7/c1-5-9-29(43-38(50)52-3)36(48)45-21-7-11-32(45)34-40-24-31(42-34)28-19-17-27(18-20-28)26-15-13-25(14-16-26)23-41-35(47)33-12-8-22-46(33)37(49)30(10-6-2)44-39(51)53-4/h5-6,13-20,24,29-30,32-33H,1-2,7-12,21-23H2,3-4H3,(H,40,42)(H,41,47)(H,43,50)(H,44,51)/t29-,30-,32-,33-/m0/s1. The third-order valence-electron chi connectivity index (χ3n) is 9.59. The van der Waals surface area contributed by atoms with Crippen LogP contribution in [-0.4, -0.2) is 95.1 Å². The van der Waals surface area contributed by atoms with Gasteiger partial charge >= 0.3 is 12.2 Å². The Labute approximate surface area is 309 Å².